The van der Waals surface area contributed by atoms with Gasteiger partial charge in [-0.05, 0) is 36.9 Å². The van der Waals surface area contributed by atoms with Crippen LogP contribution in [0.15, 0.2) is 46.5 Å². The molecule has 0 aliphatic heterocycles. The SMILES string of the molecule is Cc1cc(Sc2nc3ccccc3cc2C#N)n(C)n1. The average molecular weight is 280 g/mol. The molecule has 0 unspecified atom stereocenters. The fraction of sp³-hybridized carbons (Fsp3) is 0.133. The van der Waals surface area contributed by atoms with E-state index in [1.165, 1.54) is 11.8 Å². The monoisotopic (exact) mass is 280 g/mol. The lowest BCUT2D eigenvalue weighted by atomic mass is 10.2. The molecular weight excluding hydrogens is 268 g/mol. The van der Waals surface area contributed by atoms with Gasteiger partial charge in [-0.2, -0.15) is 10.4 Å². The number of nitriles is 1. The van der Waals surface area contributed by atoms with E-state index in [0.717, 1.165) is 21.6 Å². The van der Waals surface area contributed by atoms with E-state index in [1.54, 1.807) is 4.68 Å². The maximum Gasteiger partial charge on any atom is 0.121 e. The number of aromatic nitrogens is 3. The van der Waals surface area contributed by atoms with E-state index < -0.39 is 0 Å². The third-order valence-corrected chi connectivity index (χ3v) is 4.07. The van der Waals surface area contributed by atoms with Crippen LogP contribution in [0.5, 0.6) is 0 Å². The Morgan fingerprint density at radius 3 is 2.75 bits per heavy atom. The molecule has 0 aliphatic rings. The molecule has 0 fully saturated rings. The molecule has 3 rings (SSSR count). The average Bonchev–Trinajstić information content (AvgIpc) is 2.76. The second-order valence-corrected chi connectivity index (χ2v) is 5.50. The Hall–Kier alpha value is -2.32. The summed E-state index contributed by atoms with van der Waals surface area (Å²) in [4.78, 5) is 4.59. The van der Waals surface area contributed by atoms with Crippen molar-refractivity contribution in [3.63, 3.8) is 0 Å². The van der Waals surface area contributed by atoms with E-state index >= 15 is 0 Å². The van der Waals surface area contributed by atoms with Gasteiger partial charge in [0, 0.05) is 12.4 Å². The Morgan fingerprint density at radius 1 is 1.25 bits per heavy atom. The van der Waals surface area contributed by atoms with E-state index in [4.69, 9.17) is 0 Å². The van der Waals surface area contributed by atoms with Crippen LogP contribution >= 0.6 is 11.8 Å². The van der Waals surface area contributed by atoms with Gasteiger partial charge in [0.15, 0.2) is 0 Å². The van der Waals surface area contributed by atoms with Crippen LogP contribution < -0.4 is 0 Å². The summed E-state index contributed by atoms with van der Waals surface area (Å²) in [7, 11) is 1.89. The van der Waals surface area contributed by atoms with E-state index in [2.05, 4.69) is 16.2 Å². The Morgan fingerprint density at radius 2 is 2.05 bits per heavy atom. The summed E-state index contributed by atoms with van der Waals surface area (Å²) in [5.74, 6) is 0. The fourth-order valence-corrected chi connectivity index (χ4v) is 3.00. The van der Waals surface area contributed by atoms with Gasteiger partial charge in [0.25, 0.3) is 0 Å². The quantitative estimate of drug-likeness (QED) is 0.722. The predicted molar refractivity (Wildman–Crippen MR) is 78.5 cm³/mol. The number of benzene rings is 1. The molecule has 0 atom stereocenters. The van der Waals surface area contributed by atoms with Crippen LogP contribution in [0.3, 0.4) is 0 Å². The van der Waals surface area contributed by atoms with Gasteiger partial charge < -0.3 is 0 Å². The number of aryl methyl sites for hydroxylation is 2. The number of pyridine rings is 1. The zero-order valence-corrected chi connectivity index (χ0v) is 12.0. The lowest BCUT2D eigenvalue weighted by molar-refractivity contribution is 0.692. The Balaban J connectivity index is 2.10. The fourth-order valence-electron chi connectivity index (χ4n) is 2.04. The molecule has 2 heterocycles. The highest BCUT2D eigenvalue weighted by Gasteiger charge is 2.11. The molecule has 98 valence electrons. The first kappa shape index (κ1) is 12.7. The van der Waals surface area contributed by atoms with Crippen molar-refractivity contribution in [2.24, 2.45) is 7.05 Å². The van der Waals surface area contributed by atoms with Crippen LogP contribution in [-0.2, 0) is 7.05 Å². The van der Waals surface area contributed by atoms with Crippen molar-refractivity contribution in [2.75, 3.05) is 0 Å². The molecule has 0 radical (unpaired) electrons. The lowest BCUT2D eigenvalue weighted by Crippen LogP contribution is -1.94. The molecule has 0 saturated carbocycles. The van der Waals surface area contributed by atoms with Crippen molar-refractivity contribution in [1.29, 1.82) is 5.26 Å². The van der Waals surface area contributed by atoms with E-state index in [9.17, 15) is 5.26 Å². The molecule has 0 bridgehead atoms. The first-order valence-electron chi connectivity index (χ1n) is 6.16. The third-order valence-electron chi connectivity index (χ3n) is 2.97. The van der Waals surface area contributed by atoms with E-state index in [-0.39, 0.29) is 0 Å². The molecule has 2 aromatic heterocycles. The number of para-hydroxylation sites is 1. The third kappa shape index (κ3) is 2.26. The Labute approximate surface area is 121 Å². The van der Waals surface area contributed by atoms with Gasteiger partial charge in [-0.1, -0.05) is 18.2 Å². The smallest absolute Gasteiger partial charge is 0.121 e. The summed E-state index contributed by atoms with van der Waals surface area (Å²) in [6.07, 6.45) is 0. The lowest BCUT2D eigenvalue weighted by Gasteiger charge is -2.05. The molecule has 1 aromatic carbocycles. The highest BCUT2D eigenvalue weighted by molar-refractivity contribution is 7.99. The summed E-state index contributed by atoms with van der Waals surface area (Å²) >= 11 is 1.47. The maximum absolute atomic E-state index is 9.30. The number of fused-ring (bicyclic) bond motifs is 1. The number of hydrogen-bond acceptors (Lipinski definition) is 4. The van der Waals surface area contributed by atoms with Crippen LogP contribution in [0.4, 0.5) is 0 Å². The van der Waals surface area contributed by atoms with E-state index in [1.807, 2.05) is 50.4 Å². The van der Waals surface area contributed by atoms with Gasteiger partial charge in [-0.3, -0.25) is 4.68 Å². The summed E-state index contributed by atoms with van der Waals surface area (Å²) in [6.45, 7) is 1.95. The maximum atomic E-state index is 9.30. The van der Waals surface area contributed by atoms with E-state index in [0.29, 0.717) is 10.6 Å². The molecule has 0 N–H and O–H groups in total. The molecule has 0 aliphatic carbocycles. The molecule has 0 saturated heterocycles. The minimum atomic E-state index is 0.590. The summed E-state index contributed by atoms with van der Waals surface area (Å²) in [6, 6.07) is 13.9. The van der Waals surface area contributed by atoms with Crippen molar-refractivity contribution < 1.29 is 0 Å². The van der Waals surface area contributed by atoms with Gasteiger partial charge in [0.05, 0.1) is 16.8 Å². The van der Waals surface area contributed by atoms with Crippen LogP contribution in [0.2, 0.25) is 0 Å². The first-order valence-corrected chi connectivity index (χ1v) is 6.97. The first-order chi connectivity index (χ1) is 9.67. The molecule has 0 amide bonds. The molecule has 3 aromatic rings. The molecule has 0 spiro atoms. The van der Waals surface area contributed by atoms with Crippen LogP contribution in [0.25, 0.3) is 10.9 Å². The minimum Gasteiger partial charge on any atom is -0.261 e. The van der Waals surface area contributed by atoms with Crippen molar-refractivity contribution >= 4 is 22.7 Å². The zero-order chi connectivity index (χ0) is 14.1. The van der Waals surface area contributed by atoms with Crippen molar-refractivity contribution in [2.45, 2.75) is 17.0 Å². The highest BCUT2D eigenvalue weighted by atomic mass is 32.2. The predicted octanol–water partition coefficient (Wildman–Crippen LogP) is 3.30. The summed E-state index contributed by atoms with van der Waals surface area (Å²) < 4.78 is 1.80. The summed E-state index contributed by atoms with van der Waals surface area (Å²) in [5.41, 5.74) is 2.44. The van der Waals surface area contributed by atoms with Crippen molar-refractivity contribution in [1.82, 2.24) is 14.8 Å². The second-order valence-electron chi connectivity index (χ2n) is 4.50. The van der Waals surface area contributed by atoms with Crippen LogP contribution in [-0.4, -0.2) is 14.8 Å². The van der Waals surface area contributed by atoms with Crippen LogP contribution in [0.1, 0.15) is 11.3 Å². The van der Waals surface area contributed by atoms with Gasteiger partial charge in [-0.25, -0.2) is 4.98 Å². The minimum absolute atomic E-state index is 0.590. The van der Waals surface area contributed by atoms with Gasteiger partial charge >= 0.3 is 0 Å². The molecular formula is C15H12N4S. The molecule has 4 nitrogen and oxygen atoms in total. The highest BCUT2D eigenvalue weighted by Crippen LogP contribution is 2.30. The Kier molecular flexibility index (Phi) is 3.17. The number of hydrogen-bond donors (Lipinski definition) is 0. The van der Waals surface area contributed by atoms with Crippen molar-refractivity contribution in [3.8, 4) is 6.07 Å². The summed E-state index contributed by atoms with van der Waals surface area (Å²) in [5, 5.41) is 16.3. The zero-order valence-electron chi connectivity index (χ0n) is 11.2. The normalized spacial score (nSPS) is 10.7. The standard InChI is InChI=1S/C15H12N4S/c1-10-7-14(19(2)18-10)20-15-12(9-16)8-11-5-3-4-6-13(11)17-15/h3-8H,1-2H3. The topological polar surface area (TPSA) is 54.5 Å². The van der Waals surface area contributed by atoms with Gasteiger partial charge in [0.2, 0.25) is 0 Å². The van der Waals surface area contributed by atoms with Gasteiger partial charge in [-0.15, -0.1) is 0 Å². The number of rotatable bonds is 2. The van der Waals surface area contributed by atoms with Crippen LogP contribution in [0, 0.1) is 18.3 Å². The Bertz CT molecular complexity index is 829. The molecule has 5 heteroatoms. The molecule has 20 heavy (non-hydrogen) atoms. The van der Waals surface area contributed by atoms with Crippen molar-refractivity contribution in [3.05, 3.63) is 47.7 Å². The second kappa shape index (κ2) is 4.99. The van der Waals surface area contributed by atoms with Gasteiger partial charge in [0.1, 0.15) is 16.1 Å². The number of nitrogens with zero attached hydrogens (tertiary/aromatic N) is 4. The largest absolute Gasteiger partial charge is 0.261 e.